The van der Waals surface area contributed by atoms with Crippen molar-refractivity contribution in [3.05, 3.63) is 22.9 Å². The van der Waals surface area contributed by atoms with Crippen molar-refractivity contribution in [2.75, 3.05) is 23.9 Å². The second-order valence-electron chi connectivity index (χ2n) is 4.58. The molecule has 7 heteroatoms. The molecule has 1 atom stereocenters. The summed E-state index contributed by atoms with van der Waals surface area (Å²) in [5, 5.41) is 2.75. The van der Waals surface area contributed by atoms with Crippen molar-refractivity contribution >= 4 is 29.7 Å². The molecule has 3 N–H and O–H groups in total. The highest BCUT2D eigenvalue weighted by atomic mass is 32.2. The van der Waals surface area contributed by atoms with Crippen molar-refractivity contribution in [2.45, 2.75) is 12.5 Å². The zero-order valence-corrected chi connectivity index (χ0v) is 11.2. The van der Waals surface area contributed by atoms with Gasteiger partial charge >= 0.3 is 0 Å². The van der Waals surface area contributed by atoms with Crippen LogP contribution in [0.1, 0.15) is 12.1 Å². The van der Waals surface area contributed by atoms with Gasteiger partial charge in [-0.15, -0.1) is 0 Å². The molecule has 2 saturated heterocycles. The summed E-state index contributed by atoms with van der Waals surface area (Å²) < 4.78 is 0. The number of rotatable bonds is 2. The zero-order valence-electron chi connectivity index (χ0n) is 10.4. The van der Waals surface area contributed by atoms with Gasteiger partial charge in [0, 0.05) is 25.3 Å². The van der Waals surface area contributed by atoms with Crippen molar-refractivity contribution in [3.63, 3.8) is 0 Å². The van der Waals surface area contributed by atoms with E-state index in [2.05, 4.69) is 20.2 Å². The number of nitrogens with two attached hydrogens (primary N) is 1. The van der Waals surface area contributed by atoms with Crippen LogP contribution < -0.4 is 16.0 Å². The number of carbonyl (C=O) groups is 1. The molecule has 100 valence electrons. The number of amides is 1. The number of nitrogens with one attached hydrogen (secondary N) is 1. The molecular weight excluding hydrogens is 262 g/mol. The molecule has 2 fully saturated rings. The van der Waals surface area contributed by atoms with Crippen LogP contribution in [0.3, 0.4) is 0 Å². The Hall–Kier alpha value is -1.60. The summed E-state index contributed by atoms with van der Waals surface area (Å²) in [6.07, 6.45) is 4.48. The second-order valence-corrected chi connectivity index (χ2v) is 5.60. The molecule has 3 rings (SSSR count). The van der Waals surface area contributed by atoms with Crippen molar-refractivity contribution in [2.24, 2.45) is 5.73 Å². The minimum atomic E-state index is -0.0339. The van der Waals surface area contributed by atoms with Crippen molar-refractivity contribution in [1.82, 2.24) is 15.3 Å². The third kappa shape index (κ3) is 2.71. The van der Waals surface area contributed by atoms with Gasteiger partial charge in [-0.25, -0.2) is 9.97 Å². The Kier molecular flexibility index (Phi) is 3.39. The van der Waals surface area contributed by atoms with E-state index in [4.69, 9.17) is 5.73 Å². The van der Waals surface area contributed by atoms with E-state index in [1.165, 1.54) is 11.8 Å². The second kappa shape index (κ2) is 5.18. The van der Waals surface area contributed by atoms with Crippen LogP contribution in [-0.4, -0.2) is 40.9 Å². The molecule has 0 aromatic carbocycles. The van der Waals surface area contributed by atoms with E-state index >= 15 is 0 Å². The molecule has 1 amide bonds. The topological polar surface area (TPSA) is 84.1 Å². The van der Waals surface area contributed by atoms with Crippen molar-refractivity contribution < 1.29 is 4.79 Å². The van der Waals surface area contributed by atoms with Gasteiger partial charge in [-0.2, -0.15) is 0 Å². The lowest BCUT2D eigenvalue weighted by molar-refractivity contribution is -0.116. The van der Waals surface area contributed by atoms with E-state index in [0.29, 0.717) is 16.7 Å². The molecule has 0 saturated carbocycles. The van der Waals surface area contributed by atoms with Gasteiger partial charge in [-0.1, -0.05) is 11.8 Å². The number of aromatic nitrogens is 2. The Morgan fingerprint density at radius 1 is 1.58 bits per heavy atom. The first-order valence-electron chi connectivity index (χ1n) is 6.18. The summed E-state index contributed by atoms with van der Waals surface area (Å²) in [5.41, 5.74) is 6.64. The molecule has 1 aromatic rings. The molecule has 2 aliphatic heterocycles. The molecule has 3 heterocycles. The van der Waals surface area contributed by atoms with Gasteiger partial charge in [-0.05, 0) is 18.6 Å². The van der Waals surface area contributed by atoms with Crippen LogP contribution in [0.5, 0.6) is 0 Å². The first-order valence-corrected chi connectivity index (χ1v) is 7.17. The number of nitrogens with zero attached hydrogens (tertiary/aromatic N) is 3. The van der Waals surface area contributed by atoms with Crippen LogP contribution in [0.25, 0.3) is 6.08 Å². The fraction of sp³-hybridized carbons (Fsp3) is 0.417. The number of hydrogen-bond donors (Lipinski definition) is 2. The predicted molar refractivity (Wildman–Crippen MR) is 75.4 cm³/mol. The number of carbonyl (C=O) groups excluding carboxylic acids is 1. The monoisotopic (exact) mass is 277 g/mol. The first kappa shape index (κ1) is 12.4. The standard InChI is InChI=1S/C12H15N5OS/c13-8-2-4-17(6-8)12-14-3-1-9(16-12)5-10-11(18)15-7-19-10/h1,3,5,8H,2,4,6-7,13H2,(H,15,18)/b10-5-. The third-order valence-electron chi connectivity index (χ3n) is 3.14. The summed E-state index contributed by atoms with van der Waals surface area (Å²) in [5.74, 6) is 1.28. The van der Waals surface area contributed by atoms with E-state index in [9.17, 15) is 4.79 Å². The first-order chi connectivity index (χ1) is 9.22. The third-order valence-corrected chi connectivity index (χ3v) is 4.04. The maximum absolute atomic E-state index is 11.5. The molecule has 0 bridgehead atoms. The Morgan fingerprint density at radius 2 is 2.47 bits per heavy atom. The molecule has 0 aliphatic carbocycles. The highest BCUT2D eigenvalue weighted by molar-refractivity contribution is 8.04. The van der Waals surface area contributed by atoms with E-state index in [-0.39, 0.29) is 11.9 Å². The summed E-state index contributed by atoms with van der Waals surface area (Å²) in [7, 11) is 0. The predicted octanol–water partition coefficient (Wildman–Crippen LogP) is 0.175. The lowest BCUT2D eigenvalue weighted by Crippen LogP contribution is -2.27. The van der Waals surface area contributed by atoms with Gasteiger partial charge in [0.2, 0.25) is 5.95 Å². The maximum atomic E-state index is 11.5. The van der Waals surface area contributed by atoms with Crippen molar-refractivity contribution in [3.8, 4) is 0 Å². The van der Waals surface area contributed by atoms with Crippen LogP contribution in [0, 0.1) is 0 Å². The van der Waals surface area contributed by atoms with E-state index < -0.39 is 0 Å². The molecule has 19 heavy (non-hydrogen) atoms. The van der Waals surface area contributed by atoms with E-state index in [0.717, 1.165) is 25.2 Å². The van der Waals surface area contributed by atoms with Crippen LogP contribution in [0.4, 0.5) is 5.95 Å². The quantitative estimate of drug-likeness (QED) is 0.750. The van der Waals surface area contributed by atoms with Crippen LogP contribution in [0.2, 0.25) is 0 Å². The molecular formula is C12H15N5OS. The molecule has 1 unspecified atom stereocenters. The SMILES string of the molecule is NC1CCN(c2nccc(/C=C3\SCNC3=O)n2)C1. The fourth-order valence-electron chi connectivity index (χ4n) is 2.14. The van der Waals surface area contributed by atoms with Crippen LogP contribution >= 0.6 is 11.8 Å². The summed E-state index contributed by atoms with van der Waals surface area (Å²) in [6.45, 7) is 1.67. The Labute approximate surface area is 115 Å². The van der Waals surface area contributed by atoms with Gasteiger partial charge in [-0.3, -0.25) is 4.79 Å². The maximum Gasteiger partial charge on any atom is 0.258 e. The molecule has 6 nitrogen and oxygen atoms in total. The lowest BCUT2D eigenvalue weighted by atomic mass is 10.3. The average Bonchev–Trinajstić information content (AvgIpc) is 3.00. The van der Waals surface area contributed by atoms with Crippen molar-refractivity contribution in [1.29, 1.82) is 0 Å². The van der Waals surface area contributed by atoms with Gasteiger partial charge < -0.3 is 16.0 Å². The number of anilines is 1. The van der Waals surface area contributed by atoms with Gasteiger partial charge in [0.15, 0.2) is 0 Å². The Morgan fingerprint density at radius 3 is 3.16 bits per heavy atom. The fourth-order valence-corrected chi connectivity index (χ4v) is 2.90. The summed E-state index contributed by atoms with van der Waals surface area (Å²) in [6, 6.07) is 2.00. The number of thioether (sulfide) groups is 1. The smallest absolute Gasteiger partial charge is 0.258 e. The number of hydrogen-bond acceptors (Lipinski definition) is 6. The summed E-state index contributed by atoms with van der Waals surface area (Å²) >= 11 is 1.49. The largest absolute Gasteiger partial charge is 0.342 e. The minimum Gasteiger partial charge on any atom is -0.342 e. The van der Waals surface area contributed by atoms with Gasteiger partial charge in [0.25, 0.3) is 5.91 Å². The molecule has 1 aromatic heterocycles. The lowest BCUT2D eigenvalue weighted by Gasteiger charge is -2.15. The average molecular weight is 277 g/mol. The minimum absolute atomic E-state index is 0.0339. The van der Waals surface area contributed by atoms with Gasteiger partial charge in [0.05, 0.1) is 16.5 Å². The van der Waals surface area contributed by atoms with E-state index in [1.54, 1.807) is 18.3 Å². The highest BCUT2D eigenvalue weighted by Gasteiger charge is 2.21. The van der Waals surface area contributed by atoms with Crippen LogP contribution in [-0.2, 0) is 4.79 Å². The normalized spacial score (nSPS) is 25.1. The Balaban J connectivity index is 1.82. The summed E-state index contributed by atoms with van der Waals surface area (Å²) in [4.78, 5) is 23.0. The molecule has 2 aliphatic rings. The molecule has 0 radical (unpaired) electrons. The van der Waals surface area contributed by atoms with E-state index in [1.807, 2.05) is 0 Å². The van der Waals surface area contributed by atoms with Gasteiger partial charge in [0.1, 0.15) is 0 Å². The highest BCUT2D eigenvalue weighted by Crippen LogP contribution is 2.23. The zero-order chi connectivity index (χ0) is 13.2. The van der Waals surface area contributed by atoms with Crippen LogP contribution in [0.15, 0.2) is 17.2 Å². The Bertz CT molecular complexity index is 533. The molecule has 0 spiro atoms.